The lowest BCUT2D eigenvalue weighted by molar-refractivity contribution is 0.0694. The van der Waals surface area contributed by atoms with Crippen LogP contribution in [0, 0.1) is 6.92 Å². The number of nitrogens with zero attached hydrogens (tertiary/aromatic N) is 4. The molecule has 1 atom stereocenters. The molecule has 2 saturated heterocycles. The molecule has 2 amide bonds. The summed E-state index contributed by atoms with van der Waals surface area (Å²) in [6.07, 6.45) is 6.51. The molecule has 0 saturated carbocycles. The summed E-state index contributed by atoms with van der Waals surface area (Å²) in [6.45, 7) is 4.03. The molecule has 0 aliphatic carbocycles. The fourth-order valence-electron chi connectivity index (χ4n) is 4.80. The first-order chi connectivity index (χ1) is 16.0. The lowest BCUT2D eigenvalue weighted by Crippen LogP contribution is -2.36. The number of fused-ring (bicyclic) bond motifs is 1. The van der Waals surface area contributed by atoms with Gasteiger partial charge in [-0.1, -0.05) is 0 Å². The number of methoxy groups -OCH3 is 1. The van der Waals surface area contributed by atoms with E-state index in [1.165, 1.54) is 6.42 Å². The number of ether oxygens (including phenoxy) is 1. The van der Waals surface area contributed by atoms with Gasteiger partial charge in [-0.2, -0.15) is 0 Å². The van der Waals surface area contributed by atoms with Crippen LogP contribution in [-0.2, 0) is 0 Å². The van der Waals surface area contributed by atoms with Gasteiger partial charge in [-0.3, -0.25) is 9.59 Å². The Kier molecular flexibility index (Phi) is 5.74. The van der Waals surface area contributed by atoms with Crippen LogP contribution >= 0.6 is 0 Å². The SMILES string of the molecule is COc1ccc2oc(C(=O)N3CCC[C@H]3c3ncc(C(=O)N4CCCCC4)c(C)n3)cc2c1. The molecule has 172 valence electrons. The molecule has 2 aliphatic rings. The zero-order valence-electron chi connectivity index (χ0n) is 19.0. The second-order valence-corrected chi connectivity index (χ2v) is 8.75. The first kappa shape index (κ1) is 21.4. The average Bonchev–Trinajstić information content (AvgIpc) is 3.50. The van der Waals surface area contributed by atoms with Crippen molar-refractivity contribution in [1.82, 2.24) is 19.8 Å². The molecular formula is C25H28N4O4. The summed E-state index contributed by atoms with van der Waals surface area (Å²) in [5, 5.41) is 0.820. The maximum Gasteiger partial charge on any atom is 0.290 e. The molecule has 8 nitrogen and oxygen atoms in total. The molecule has 0 N–H and O–H groups in total. The van der Waals surface area contributed by atoms with E-state index in [-0.39, 0.29) is 17.9 Å². The summed E-state index contributed by atoms with van der Waals surface area (Å²) in [5.74, 6) is 1.40. The number of piperidine rings is 1. The van der Waals surface area contributed by atoms with Crippen molar-refractivity contribution in [2.45, 2.75) is 45.1 Å². The van der Waals surface area contributed by atoms with E-state index in [2.05, 4.69) is 9.97 Å². The molecule has 3 aromatic rings. The average molecular weight is 449 g/mol. The summed E-state index contributed by atoms with van der Waals surface area (Å²) in [4.78, 5) is 39.1. The normalized spacial score (nSPS) is 18.7. The predicted octanol–water partition coefficient (Wildman–Crippen LogP) is 4.14. The van der Waals surface area contributed by atoms with Crippen LogP contribution in [0.5, 0.6) is 5.75 Å². The van der Waals surface area contributed by atoms with Crippen molar-refractivity contribution in [1.29, 1.82) is 0 Å². The molecular weight excluding hydrogens is 420 g/mol. The van der Waals surface area contributed by atoms with Gasteiger partial charge in [0.2, 0.25) is 0 Å². The van der Waals surface area contributed by atoms with Gasteiger partial charge in [0.05, 0.1) is 24.4 Å². The third-order valence-electron chi connectivity index (χ3n) is 6.62. The van der Waals surface area contributed by atoms with E-state index >= 15 is 0 Å². The quantitative estimate of drug-likeness (QED) is 0.596. The van der Waals surface area contributed by atoms with Crippen LogP contribution in [0.25, 0.3) is 11.0 Å². The van der Waals surface area contributed by atoms with Gasteiger partial charge in [0.25, 0.3) is 11.8 Å². The van der Waals surface area contributed by atoms with E-state index in [4.69, 9.17) is 9.15 Å². The van der Waals surface area contributed by atoms with Gasteiger partial charge in [0.1, 0.15) is 11.3 Å². The monoisotopic (exact) mass is 448 g/mol. The number of carbonyl (C=O) groups excluding carboxylic acids is 2. The summed E-state index contributed by atoms with van der Waals surface area (Å²) in [6, 6.07) is 6.97. The van der Waals surface area contributed by atoms with Crippen molar-refractivity contribution in [3.63, 3.8) is 0 Å². The number of hydrogen-bond acceptors (Lipinski definition) is 6. The standard InChI is InChI=1S/C25H28N4O4/c1-16-19(24(30)28-10-4-3-5-11-28)15-26-23(27-16)20-7-6-12-29(20)25(31)22-14-17-13-18(32-2)8-9-21(17)33-22/h8-9,13-15,20H,3-7,10-12H2,1-2H3/t20-/m0/s1. The topological polar surface area (TPSA) is 88.8 Å². The number of benzene rings is 1. The highest BCUT2D eigenvalue weighted by molar-refractivity contribution is 5.97. The van der Waals surface area contributed by atoms with E-state index in [1.807, 2.05) is 24.0 Å². The van der Waals surface area contributed by atoms with E-state index in [0.717, 1.165) is 44.2 Å². The molecule has 2 aliphatic heterocycles. The first-order valence-electron chi connectivity index (χ1n) is 11.6. The highest BCUT2D eigenvalue weighted by Gasteiger charge is 2.34. The van der Waals surface area contributed by atoms with Crippen LogP contribution in [0.15, 0.2) is 34.9 Å². The van der Waals surface area contributed by atoms with Crippen molar-refractivity contribution < 1.29 is 18.7 Å². The third-order valence-corrected chi connectivity index (χ3v) is 6.62. The molecule has 0 bridgehead atoms. The zero-order chi connectivity index (χ0) is 22.9. The van der Waals surface area contributed by atoms with Crippen molar-refractivity contribution >= 4 is 22.8 Å². The van der Waals surface area contributed by atoms with E-state index in [9.17, 15) is 9.59 Å². The van der Waals surface area contributed by atoms with Crippen molar-refractivity contribution in [3.8, 4) is 5.75 Å². The van der Waals surface area contributed by atoms with Gasteiger partial charge in [-0.05, 0) is 63.3 Å². The Labute approximate surface area is 192 Å². The van der Waals surface area contributed by atoms with Gasteiger partial charge >= 0.3 is 0 Å². The lowest BCUT2D eigenvalue weighted by Gasteiger charge is -2.27. The molecule has 2 fully saturated rings. The Morgan fingerprint density at radius 3 is 2.64 bits per heavy atom. The Hall–Kier alpha value is -3.42. The maximum atomic E-state index is 13.3. The van der Waals surface area contributed by atoms with E-state index in [0.29, 0.717) is 40.7 Å². The van der Waals surface area contributed by atoms with Gasteiger partial charge in [0, 0.05) is 31.2 Å². The fraction of sp³-hybridized carbons (Fsp3) is 0.440. The summed E-state index contributed by atoms with van der Waals surface area (Å²) in [5.41, 5.74) is 1.84. The smallest absolute Gasteiger partial charge is 0.290 e. The van der Waals surface area contributed by atoms with Gasteiger partial charge < -0.3 is 19.0 Å². The Balaban J connectivity index is 1.37. The first-order valence-corrected chi connectivity index (χ1v) is 11.6. The van der Waals surface area contributed by atoms with Crippen LogP contribution in [-0.4, -0.2) is 58.3 Å². The minimum atomic E-state index is -0.238. The van der Waals surface area contributed by atoms with Crippen molar-refractivity contribution in [3.05, 3.63) is 53.3 Å². The maximum absolute atomic E-state index is 13.3. The number of amides is 2. The third kappa shape index (κ3) is 4.05. The Morgan fingerprint density at radius 2 is 1.88 bits per heavy atom. The fourth-order valence-corrected chi connectivity index (χ4v) is 4.80. The number of hydrogen-bond donors (Lipinski definition) is 0. The molecule has 0 spiro atoms. The number of likely N-dealkylation sites (tertiary alicyclic amines) is 2. The Bertz CT molecular complexity index is 1200. The van der Waals surface area contributed by atoms with Gasteiger partial charge in [-0.25, -0.2) is 9.97 Å². The number of aryl methyl sites for hydroxylation is 1. The second kappa shape index (κ2) is 8.84. The van der Waals surface area contributed by atoms with Crippen LogP contribution < -0.4 is 4.74 Å². The minimum absolute atomic E-state index is 0.00388. The molecule has 5 rings (SSSR count). The molecule has 0 unspecified atom stereocenters. The van der Waals surface area contributed by atoms with E-state index < -0.39 is 0 Å². The summed E-state index contributed by atoms with van der Waals surface area (Å²) in [7, 11) is 1.61. The number of furan rings is 1. The highest BCUT2D eigenvalue weighted by atomic mass is 16.5. The Morgan fingerprint density at radius 1 is 1.06 bits per heavy atom. The summed E-state index contributed by atoms with van der Waals surface area (Å²) < 4.78 is 11.1. The van der Waals surface area contributed by atoms with Crippen LogP contribution in [0.2, 0.25) is 0 Å². The second-order valence-electron chi connectivity index (χ2n) is 8.75. The largest absolute Gasteiger partial charge is 0.497 e. The predicted molar refractivity (Wildman–Crippen MR) is 122 cm³/mol. The van der Waals surface area contributed by atoms with E-state index in [1.54, 1.807) is 30.3 Å². The van der Waals surface area contributed by atoms with Gasteiger partial charge in [0.15, 0.2) is 11.6 Å². The van der Waals surface area contributed by atoms with Gasteiger partial charge in [-0.15, -0.1) is 0 Å². The number of rotatable bonds is 4. The molecule has 0 radical (unpaired) electrons. The lowest BCUT2D eigenvalue weighted by atomic mass is 10.1. The molecule has 2 aromatic heterocycles. The summed E-state index contributed by atoms with van der Waals surface area (Å²) >= 11 is 0. The minimum Gasteiger partial charge on any atom is -0.497 e. The zero-order valence-corrected chi connectivity index (χ0v) is 19.0. The molecule has 4 heterocycles. The van der Waals surface area contributed by atoms with Crippen LogP contribution in [0.1, 0.15) is 70.6 Å². The van der Waals surface area contributed by atoms with Crippen LogP contribution in [0.4, 0.5) is 0 Å². The van der Waals surface area contributed by atoms with Crippen molar-refractivity contribution in [2.24, 2.45) is 0 Å². The molecule has 8 heteroatoms. The highest BCUT2D eigenvalue weighted by Crippen LogP contribution is 2.33. The number of aromatic nitrogens is 2. The molecule has 33 heavy (non-hydrogen) atoms. The van der Waals surface area contributed by atoms with Crippen molar-refractivity contribution in [2.75, 3.05) is 26.7 Å². The number of carbonyl (C=O) groups is 2. The molecule has 1 aromatic carbocycles. The van der Waals surface area contributed by atoms with Crippen LogP contribution in [0.3, 0.4) is 0 Å².